The highest BCUT2D eigenvalue weighted by Crippen LogP contribution is 2.34. The van der Waals surface area contributed by atoms with Crippen molar-refractivity contribution in [1.82, 2.24) is 14.5 Å². The Balaban J connectivity index is 1.27. The van der Waals surface area contributed by atoms with E-state index in [0.29, 0.717) is 32.2 Å². The Morgan fingerprint density at radius 2 is 1.68 bits per heavy atom. The van der Waals surface area contributed by atoms with Gasteiger partial charge in [0.05, 0.1) is 11.4 Å². The molecule has 3 atom stereocenters. The Morgan fingerprint density at radius 1 is 1.00 bits per heavy atom. The highest BCUT2D eigenvalue weighted by molar-refractivity contribution is 9.10. The number of likely N-dealkylation sites (tertiary alicyclic amines) is 1. The van der Waals surface area contributed by atoms with Gasteiger partial charge in [0.1, 0.15) is 11.8 Å². The van der Waals surface area contributed by atoms with Crippen LogP contribution in [0.4, 0.5) is 0 Å². The monoisotopic (exact) mass is 547 g/mol. The summed E-state index contributed by atoms with van der Waals surface area (Å²) in [6, 6.07) is 9.39. The van der Waals surface area contributed by atoms with Gasteiger partial charge in [-0.1, -0.05) is 28.1 Å². The van der Waals surface area contributed by atoms with Gasteiger partial charge in [0.25, 0.3) is 0 Å². The summed E-state index contributed by atoms with van der Waals surface area (Å²) in [6.07, 6.45) is 3.40. The van der Waals surface area contributed by atoms with Crippen molar-refractivity contribution in [1.29, 1.82) is 0 Å². The third-order valence-electron chi connectivity index (χ3n) is 7.07. The van der Waals surface area contributed by atoms with E-state index in [1.165, 1.54) is 11.0 Å². The number of amides is 2. The molecule has 8 nitrogen and oxygen atoms in total. The number of carbonyl (C=O) groups excluding carboxylic acids is 3. The maximum atomic E-state index is 13.1. The summed E-state index contributed by atoms with van der Waals surface area (Å²) >= 11 is 3.41. The zero-order valence-corrected chi connectivity index (χ0v) is 21.0. The molecule has 2 amide bonds. The van der Waals surface area contributed by atoms with E-state index in [9.17, 15) is 22.8 Å². The number of halogens is 1. The number of piperidine rings is 2. The Kier molecular flexibility index (Phi) is 6.24. The smallest absolute Gasteiger partial charge is 0.242 e. The average Bonchev–Trinajstić information content (AvgIpc) is 3.07. The molecule has 5 rings (SSSR count). The maximum Gasteiger partial charge on any atom is 0.242 e. The lowest BCUT2D eigenvalue weighted by Crippen LogP contribution is -2.56. The number of Topliss-reactive ketones (excluding diaryl/α,β-unsaturated/α-hetero) is 1. The molecular weight excluding hydrogens is 522 g/mol. The lowest BCUT2D eigenvalue weighted by atomic mass is 10.0. The second kappa shape index (κ2) is 9.05. The molecule has 3 saturated heterocycles. The second-order valence-corrected chi connectivity index (χ2v) is 12.0. The van der Waals surface area contributed by atoms with Gasteiger partial charge in [0.15, 0.2) is 0 Å². The van der Waals surface area contributed by atoms with Crippen LogP contribution in [0.2, 0.25) is 0 Å². The van der Waals surface area contributed by atoms with E-state index in [2.05, 4.69) is 20.7 Å². The first-order chi connectivity index (χ1) is 16.2. The molecule has 2 aromatic carbocycles. The highest BCUT2D eigenvalue weighted by Gasteiger charge is 2.43. The van der Waals surface area contributed by atoms with Gasteiger partial charge in [-0.3, -0.25) is 14.4 Å². The van der Waals surface area contributed by atoms with E-state index in [0.717, 1.165) is 28.1 Å². The van der Waals surface area contributed by atoms with Crippen LogP contribution in [-0.2, 0) is 24.4 Å². The molecule has 2 bridgehead atoms. The molecule has 2 aromatic rings. The summed E-state index contributed by atoms with van der Waals surface area (Å²) < 4.78 is 29.6. The molecular formula is C24H26BrN3O5S. The quantitative estimate of drug-likeness (QED) is 0.619. The van der Waals surface area contributed by atoms with Crippen LogP contribution in [0.1, 0.15) is 38.5 Å². The largest absolute Gasteiger partial charge is 0.334 e. The molecule has 3 fully saturated rings. The van der Waals surface area contributed by atoms with Crippen LogP contribution in [0, 0.1) is 0 Å². The van der Waals surface area contributed by atoms with Gasteiger partial charge in [-0.15, -0.1) is 0 Å². The molecule has 0 radical (unpaired) electrons. The van der Waals surface area contributed by atoms with Crippen LogP contribution in [-0.4, -0.2) is 67.0 Å². The number of rotatable bonds is 5. The predicted octanol–water partition coefficient (Wildman–Crippen LogP) is 2.59. The summed E-state index contributed by atoms with van der Waals surface area (Å²) in [7, 11) is -3.92. The van der Waals surface area contributed by atoms with Crippen molar-refractivity contribution in [3.05, 3.63) is 40.9 Å². The number of hydrogen-bond acceptors (Lipinski definition) is 5. The van der Waals surface area contributed by atoms with Gasteiger partial charge in [-0.25, -0.2) is 8.42 Å². The van der Waals surface area contributed by atoms with Crippen LogP contribution in [0.3, 0.4) is 0 Å². The molecule has 1 N–H and O–H groups in total. The molecule has 180 valence electrons. The number of ketones is 1. The Morgan fingerprint density at radius 3 is 2.41 bits per heavy atom. The lowest BCUT2D eigenvalue weighted by molar-refractivity contribution is -0.146. The van der Waals surface area contributed by atoms with E-state index >= 15 is 0 Å². The van der Waals surface area contributed by atoms with Crippen LogP contribution in [0.25, 0.3) is 10.8 Å². The van der Waals surface area contributed by atoms with Crippen molar-refractivity contribution in [3.63, 3.8) is 0 Å². The number of carbonyl (C=O) groups is 3. The fourth-order valence-corrected chi connectivity index (χ4v) is 7.08. The van der Waals surface area contributed by atoms with Gasteiger partial charge >= 0.3 is 0 Å². The van der Waals surface area contributed by atoms with Crippen LogP contribution < -0.4 is 4.72 Å². The van der Waals surface area contributed by atoms with Gasteiger partial charge < -0.3 is 9.80 Å². The number of sulfonamides is 1. The molecule has 0 aliphatic carbocycles. The summed E-state index contributed by atoms with van der Waals surface area (Å²) in [5, 5.41) is 1.68. The van der Waals surface area contributed by atoms with Gasteiger partial charge in [0.2, 0.25) is 21.8 Å². The average molecular weight is 548 g/mol. The van der Waals surface area contributed by atoms with E-state index in [1.54, 1.807) is 17.0 Å². The number of hydrogen-bond donors (Lipinski definition) is 1. The van der Waals surface area contributed by atoms with E-state index in [4.69, 9.17) is 0 Å². The van der Waals surface area contributed by atoms with Crippen molar-refractivity contribution in [3.8, 4) is 0 Å². The van der Waals surface area contributed by atoms with Crippen molar-refractivity contribution in [2.24, 2.45) is 0 Å². The molecule has 0 saturated carbocycles. The number of fused-ring (bicyclic) bond motifs is 3. The Labute approximate surface area is 206 Å². The number of nitrogens with zero attached hydrogens (tertiary/aromatic N) is 2. The summed E-state index contributed by atoms with van der Waals surface area (Å²) in [4.78, 5) is 41.3. The van der Waals surface area contributed by atoms with E-state index in [1.807, 2.05) is 18.2 Å². The molecule has 3 aliphatic rings. The summed E-state index contributed by atoms with van der Waals surface area (Å²) in [5.74, 6) is -0.340. The van der Waals surface area contributed by atoms with Gasteiger partial charge in [-0.05, 0) is 60.7 Å². The van der Waals surface area contributed by atoms with Gasteiger partial charge in [0, 0.05) is 35.9 Å². The predicted molar refractivity (Wildman–Crippen MR) is 129 cm³/mol. The molecule has 10 heteroatoms. The van der Waals surface area contributed by atoms with E-state index < -0.39 is 16.1 Å². The minimum absolute atomic E-state index is 0.0681. The molecule has 3 heterocycles. The van der Waals surface area contributed by atoms with Crippen molar-refractivity contribution in [2.45, 2.75) is 61.5 Å². The minimum atomic E-state index is -3.92. The summed E-state index contributed by atoms with van der Waals surface area (Å²) in [6.45, 7) is 0.332. The second-order valence-electron chi connectivity index (χ2n) is 9.36. The van der Waals surface area contributed by atoms with Crippen LogP contribution in [0.15, 0.2) is 45.8 Å². The molecule has 0 spiro atoms. The Hall–Kier alpha value is -2.30. The first kappa shape index (κ1) is 23.4. The third kappa shape index (κ3) is 4.50. The number of benzene rings is 2. The number of nitrogens with one attached hydrogen (secondary N) is 1. The topological polar surface area (TPSA) is 104 Å². The van der Waals surface area contributed by atoms with Gasteiger partial charge in [-0.2, -0.15) is 4.72 Å². The fraction of sp³-hybridized carbons (Fsp3) is 0.458. The maximum absolute atomic E-state index is 13.1. The fourth-order valence-electron chi connectivity index (χ4n) is 5.45. The molecule has 0 aromatic heterocycles. The van der Waals surface area contributed by atoms with E-state index in [-0.39, 0.29) is 41.1 Å². The normalized spacial score (nSPS) is 25.3. The third-order valence-corrected chi connectivity index (χ3v) is 9.04. The first-order valence-corrected chi connectivity index (χ1v) is 13.8. The first-order valence-electron chi connectivity index (χ1n) is 11.5. The van der Waals surface area contributed by atoms with Crippen LogP contribution >= 0.6 is 15.9 Å². The lowest BCUT2D eigenvalue weighted by Gasteiger charge is -2.37. The highest BCUT2D eigenvalue weighted by atomic mass is 79.9. The zero-order valence-electron chi connectivity index (χ0n) is 18.6. The molecule has 34 heavy (non-hydrogen) atoms. The molecule has 3 aliphatic heterocycles. The SMILES string of the molecule is O=C1CC2CCC(C1)N2C(=O)CN1CCCC(NS(=O)(=O)c2ccc3cc(Br)ccc3c2)C1=O. The minimum Gasteiger partial charge on any atom is -0.334 e. The summed E-state index contributed by atoms with van der Waals surface area (Å²) in [5.41, 5.74) is 0. The van der Waals surface area contributed by atoms with Crippen molar-refractivity contribution in [2.75, 3.05) is 13.1 Å². The van der Waals surface area contributed by atoms with Crippen LogP contribution in [0.5, 0.6) is 0 Å². The standard InChI is InChI=1S/C24H26BrN3O5S/c25-17-5-3-16-11-21(8-4-15(16)10-17)34(32,33)26-22-2-1-9-27(24(22)31)14-23(30)28-18-6-7-19(28)13-20(29)12-18/h3-5,8,10-11,18-19,22,26H,1-2,6-7,9,12-14H2. The Bertz CT molecular complexity index is 1260. The van der Waals surface area contributed by atoms with Crippen molar-refractivity contribution >= 4 is 54.3 Å². The van der Waals surface area contributed by atoms with Crippen molar-refractivity contribution < 1.29 is 22.8 Å². The molecule has 3 unspecified atom stereocenters. The zero-order chi connectivity index (χ0) is 24.0.